The number of hydrogen-bond donors (Lipinski definition) is 2. The fraction of sp³-hybridized carbons (Fsp3) is 0.138. The molecule has 38 heavy (non-hydrogen) atoms. The normalized spacial score (nSPS) is 12.0. The summed E-state index contributed by atoms with van der Waals surface area (Å²) in [4.78, 5) is 13.5. The molecule has 4 aromatic rings. The zero-order chi connectivity index (χ0) is 27.1. The molecule has 0 aromatic heterocycles. The topological polar surface area (TPSA) is 93.7 Å². The number of aryl methyl sites for hydroxylation is 1. The van der Waals surface area contributed by atoms with Crippen molar-refractivity contribution in [3.8, 4) is 17.2 Å². The number of ether oxygens (including phenoxy) is 2. The molecule has 1 atom stereocenters. The Morgan fingerprint density at radius 2 is 1.55 bits per heavy atom. The van der Waals surface area contributed by atoms with Gasteiger partial charge in [0.2, 0.25) is 15.9 Å². The zero-order valence-corrected chi connectivity index (χ0v) is 22.4. The Balaban J connectivity index is 1.66. The number of hydrogen-bond acceptors (Lipinski definition) is 5. The number of rotatable bonds is 10. The zero-order valence-electron chi connectivity index (χ0n) is 20.8. The van der Waals surface area contributed by atoms with Crippen LogP contribution in [0.3, 0.4) is 0 Å². The van der Waals surface area contributed by atoms with Crippen molar-refractivity contribution in [1.29, 1.82) is 0 Å². The average Bonchev–Trinajstić information content (AvgIpc) is 2.91. The third-order valence-electron chi connectivity index (χ3n) is 5.68. The van der Waals surface area contributed by atoms with Gasteiger partial charge in [-0.15, -0.1) is 0 Å². The van der Waals surface area contributed by atoms with E-state index in [4.69, 9.17) is 21.1 Å². The second-order valence-corrected chi connectivity index (χ2v) is 10.7. The smallest absolute Gasteiger partial charge is 0.245 e. The maximum absolute atomic E-state index is 13.6. The monoisotopic (exact) mass is 550 g/mol. The molecule has 0 fully saturated rings. The van der Waals surface area contributed by atoms with Gasteiger partial charge in [-0.2, -0.15) is 4.72 Å². The molecular weight excluding hydrogens is 524 g/mol. The van der Waals surface area contributed by atoms with Crippen LogP contribution >= 0.6 is 11.6 Å². The molecule has 1 amide bonds. The van der Waals surface area contributed by atoms with Crippen molar-refractivity contribution in [3.63, 3.8) is 0 Å². The van der Waals surface area contributed by atoms with Gasteiger partial charge in [0.1, 0.15) is 22.4 Å². The van der Waals surface area contributed by atoms with Crippen LogP contribution in [-0.4, -0.2) is 27.5 Å². The molecule has 4 aromatic carbocycles. The molecule has 4 rings (SSSR count). The molecule has 0 saturated heterocycles. The number of anilines is 1. The first-order valence-electron chi connectivity index (χ1n) is 11.8. The summed E-state index contributed by atoms with van der Waals surface area (Å²) in [6.45, 7) is 1.78. The minimum Gasteiger partial charge on any atom is -0.495 e. The summed E-state index contributed by atoms with van der Waals surface area (Å²) in [5.41, 5.74) is 1.81. The third-order valence-corrected chi connectivity index (χ3v) is 7.40. The van der Waals surface area contributed by atoms with Gasteiger partial charge in [-0.25, -0.2) is 8.42 Å². The van der Waals surface area contributed by atoms with E-state index in [9.17, 15) is 13.2 Å². The lowest BCUT2D eigenvalue weighted by Gasteiger charge is -2.21. The Labute approximate surface area is 227 Å². The summed E-state index contributed by atoms with van der Waals surface area (Å²) in [5, 5.41) is 3.18. The van der Waals surface area contributed by atoms with E-state index < -0.39 is 22.0 Å². The van der Waals surface area contributed by atoms with Crippen LogP contribution in [0.2, 0.25) is 5.02 Å². The SMILES string of the molecule is COc1ccc(C)cc1S(=O)(=O)NC(Cc1ccccc1)C(=O)Nc1cc(Cl)ccc1Oc1ccccc1. The second kappa shape index (κ2) is 12.1. The van der Waals surface area contributed by atoms with Crippen LogP contribution < -0.4 is 19.5 Å². The molecule has 1 unspecified atom stereocenters. The van der Waals surface area contributed by atoms with Crippen LogP contribution in [0.5, 0.6) is 17.2 Å². The van der Waals surface area contributed by atoms with Gasteiger partial charge in [-0.05, 0) is 66.9 Å². The lowest BCUT2D eigenvalue weighted by molar-refractivity contribution is -0.117. The van der Waals surface area contributed by atoms with Gasteiger partial charge in [0, 0.05) is 5.02 Å². The van der Waals surface area contributed by atoms with Crippen molar-refractivity contribution >= 4 is 33.2 Å². The van der Waals surface area contributed by atoms with Crippen LogP contribution in [0, 0.1) is 6.92 Å². The number of sulfonamides is 1. The maximum Gasteiger partial charge on any atom is 0.245 e. The highest BCUT2D eigenvalue weighted by Gasteiger charge is 2.29. The molecule has 0 spiro atoms. The number of methoxy groups -OCH3 is 1. The molecule has 7 nitrogen and oxygen atoms in total. The number of halogens is 1. The second-order valence-electron chi connectivity index (χ2n) is 8.56. The summed E-state index contributed by atoms with van der Waals surface area (Å²) >= 11 is 6.22. The molecular formula is C29H27ClN2O5S. The van der Waals surface area contributed by atoms with Gasteiger partial charge in [-0.3, -0.25) is 4.79 Å². The summed E-state index contributed by atoms with van der Waals surface area (Å²) in [5.74, 6) is 0.522. The molecule has 0 heterocycles. The highest BCUT2D eigenvalue weighted by molar-refractivity contribution is 7.89. The van der Waals surface area contributed by atoms with Crippen LogP contribution in [0.4, 0.5) is 5.69 Å². The number of carbonyl (C=O) groups excluding carboxylic acids is 1. The van der Waals surface area contributed by atoms with Crippen molar-refractivity contribution < 1.29 is 22.7 Å². The number of carbonyl (C=O) groups is 1. The first-order chi connectivity index (χ1) is 18.2. The Hall–Kier alpha value is -3.85. The van der Waals surface area contributed by atoms with Gasteiger partial charge in [0.25, 0.3) is 0 Å². The number of amides is 1. The molecule has 0 aliphatic rings. The minimum absolute atomic E-state index is 0.0540. The fourth-order valence-corrected chi connectivity index (χ4v) is 5.43. The fourth-order valence-electron chi connectivity index (χ4n) is 3.81. The van der Waals surface area contributed by atoms with E-state index in [1.165, 1.54) is 13.2 Å². The predicted molar refractivity (Wildman–Crippen MR) is 149 cm³/mol. The first kappa shape index (κ1) is 27.2. The minimum atomic E-state index is -4.14. The summed E-state index contributed by atoms with van der Waals surface area (Å²) < 4.78 is 40.7. The summed E-state index contributed by atoms with van der Waals surface area (Å²) in [6.07, 6.45) is 0.107. The van der Waals surface area contributed by atoms with Crippen molar-refractivity contribution in [2.75, 3.05) is 12.4 Å². The van der Waals surface area contributed by atoms with E-state index in [1.807, 2.05) is 48.5 Å². The van der Waals surface area contributed by atoms with Crippen molar-refractivity contribution in [2.45, 2.75) is 24.3 Å². The standard InChI is InChI=1S/C29H27ClN2O5S/c1-20-13-15-27(36-2)28(17-20)38(34,35)32-25(18-21-9-5-3-6-10-21)29(33)31-24-19-22(30)14-16-26(24)37-23-11-7-4-8-12-23/h3-17,19,25,32H,18H2,1-2H3,(H,31,33). The van der Waals surface area contributed by atoms with E-state index in [-0.39, 0.29) is 17.1 Å². The van der Waals surface area contributed by atoms with Crippen molar-refractivity contribution in [2.24, 2.45) is 0 Å². The van der Waals surface area contributed by atoms with E-state index in [2.05, 4.69) is 10.0 Å². The van der Waals surface area contributed by atoms with Crippen LogP contribution in [0.1, 0.15) is 11.1 Å². The highest BCUT2D eigenvalue weighted by Crippen LogP contribution is 2.32. The van der Waals surface area contributed by atoms with Crippen molar-refractivity contribution in [3.05, 3.63) is 113 Å². The number of nitrogens with one attached hydrogen (secondary N) is 2. The molecule has 0 aliphatic heterocycles. The molecule has 0 saturated carbocycles. The number of para-hydroxylation sites is 1. The Bertz CT molecular complexity index is 1510. The van der Waals surface area contributed by atoms with Crippen LogP contribution in [0.25, 0.3) is 0 Å². The third kappa shape index (κ3) is 6.92. The Morgan fingerprint density at radius 3 is 2.24 bits per heavy atom. The van der Waals surface area contributed by atoms with Gasteiger partial charge in [0.05, 0.1) is 12.8 Å². The van der Waals surface area contributed by atoms with E-state index >= 15 is 0 Å². The first-order valence-corrected chi connectivity index (χ1v) is 13.7. The molecule has 2 N–H and O–H groups in total. The van der Waals surface area contributed by atoms with Crippen LogP contribution in [-0.2, 0) is 21.2 Å². The highest BCUT2D eigenvalue weighted by atomic mass is 35.5. The summed E-state index contributed by atoms with van der Waals surface area (Å²) in [6, 6.07) is 26.7. The molecule has 0 radical (unpaired) electrons. The molecule has 0 bridgehead atoms. The van der Waals surface area contributed by atoms with Crippen LogP contribution in [0.15, 0.2) is 102 Å². The largest absolute Gasteiger partial charge is 0.495 e. The molecule has 9 heteroatoms. The van der Waals surface area contributed by atoms with E-state index in [1.54, 1.807) is 49.4 Å². The average molecular weight is 551 g/mol. The maximum atomic E-state index is 13.6. The van der Waals surface area contributed by atoms with E-state index in [0.717, 1.165) is 11.1 Å². The Kier molecular flexibility index (Phi) is 8.68. The van der Waals surface area contributed by atoms with Gasteiger partial charge in [-0.1, -0.05) is 66.2 Å². The molecule has 0 aliphatic carbocycles. The molecule has 196 valence electrons. The van der Waals surface area contributed by atoms with Crippen molar-refractivity contribution in [1.82, 2.24) is 4.72 Å². The lowest BCUT2D eigenvalue weighted by Crippen LogP contribution is -2.45. The van der Waals surface area contributed by atoms with E-state index in [0.29, 0.717) is 22.2 Å². The Morgan fingerprint density at radius 1 is 0.895 bits per heavy atom. The number of benzene rings is 4. The lowest BCUT2D eigenvalue weighted by atomic mass is 10.1. The predicted octanol–water partition coefficient (Wildman–Crippen LogP) is 5.98. The van der Waals surface area contributed by atoms with Gasteiger partial charge < -0.3 is 14.8 Å². The van der Waals surface area contributed by atoms with Gasteiger partial charge in [0.15, 0.2) is 5.75 Å². The summed E-state index contributed by atoms with van der Waals surface area (Å²) in [7, 11) is -2.75. The van der Waals surface area contributed by atoms with Gasteiger partial charge >= 0.3 is 0 Å². The quantitative estimate of drug-likeness (QED) is 0.253.